The number of phenolic OH excluding ortho intramolecular Hbond substituents is 1. The summed E-state index contributed by atoms with van der Waals surface area (Å²) < 4.78 is 5.07. The first-order chi connectivity index (χ1) is 11.1. The van der Waals surface area contributed by atoms with E-state index in [-0.39, 0.29) is 11.4 Å². The van der Waals surface area contributed by atoms with E-state index in [2.05, 4.69) is 10.2 Å². The van der Waals surface area contributed by atoms with Gasteiger partial charge in [0.25, 0.3) is 5.69 Å². The van der Waals surface area contributed by atoms with E-state index in [1.165, 1.54) is 25.3 Å². The number of non-ortho nitro benzene ring substituents is 1. The fraction of sp³-hybridized carbons (Fsp3) is 0.0625. The number of nitro groups is 1. The Hall–Kier alpha value is -3.35. The van der Waals surface area contributed by atoms with Crippen LogP contribution in [0.5, 0.6) is 11.5 Å². The molecule has 7 heteroatoms. The molecule has 0 spiro atoms. The van der Waals surface area contributed by atoms with Crippen LogP contribution < -0.4 is 4.74 Å². The van der Waals surface area contributed by atoms with Crippen LogP contribution in [0.4, 0.5) is 5.69 Å². The number of hydrogen-bond acceptors (Lipinski definition) is 5. The molecule has 3 aromatic rings. The van der Waals surface area contributed by atoms with Gasteiger partial charge in [0.15, 0.2) is 0 Å². The summed E-state index contributed by atoms with van der Waals surface area (Å²) in [6.07, 6.45) is 1.61. The van der Waals surface area contributed by atoms with E-state index in [1.807, 2.05) is 0 Å². The molecule has 0 saturated carbocycles. The molecule has 0 radical (unpaired) electrons. The summed E-state index contributed by atoms with van der Waals surface area (Å²) in [4.78, 5) is 10.3. The van der Waals surface area contributed by atoms with Crippen molar-refractivity contribution >= 4 is 5.69 Å². The van der Waals surface area contributed by atoms with Crippen LogP contribution in [0.15, 0.2) is 48.7 Å². The molecular formula is C16H13N3O4. The van der Waals surface area contributed by atoms with Crippen LogP contribution >= 0.6 is 0 Å². The van der Waals surface area contributed by atoms with E-state index in [9.17, 15) is 15.2 Å². The van der Waals surface area contributed by atoms with Crippen molar-refractivity contribution in [3.8, 4) is 33.9 Å². The van der Waals surface area contributed by atoms with Crippen molar-refractivity contribution in [1.82, 2.24) is 10.2 Å². The van der Waals surface area contributed by atoms with Gasteiger partial charge in [-0.3, -0.25) is 15.2 Å². The first kappa shape index (κ1) is 14.6. The number of rotatable bonds is 4. The lowest BCUT2D eigenvalue weighted by Crippen LogP contribution is -1.88. The number of H-pyrrole nitrogens is 1. The molecule has 0 atom stereocenters. The average molecular weight is 311 g/mol. The van der Waals surface area contributed by atoms with Crippen molar-refractivity contribution < 1.29 is 14.8 Å². The Morgan fingerprint density at radius 3 is 2.52 bits per heavy atom. The molecule has 0 bridgehead atoms. The number of hydrogen-bond donors (Lipinski definition) is 2. The van der Waals surface area contributed by atoms with Crippen LogP contribution in [0.3, 0.4) is 0 Å². The van der Waals surface area contributed by atoms with Crippen LogP contribution in [0.1, 0.15) is 0 Å². The molecule has 1 heterocycles. The molecule has 2 aromatic carbocycles. The number of nitrogens with zero attached hydrogens (tertiary/aromatic N) is 2. The van der Waals surface area contributed by atoms with Gasteiger partial charge in [0.05, 0.1) is 23.9 Å². The molecule has 23 heavy (non-hydrogen) atoms. The highest BCUT2D eigenvalue weighted by atomic mass is 16.6. The summed E-state index contributed by atoms with van der Waals surface area (Å²) in [5.41, 5.74) is 2.71. The Balaban J connectivity index is 2.04. The van der Waals surface area contributed by atoms with Crippen LogP contribution in [0, 0.1) is 10.1 Å². The standard InChI is InChI=1S/C16H13N3O4/c1-23-12-6-7-13(15(20)8-12)16-14(9-17-18-16)10-2-4-11(5-3-10)19(21)22/h2-9,20H,1H3,(H,17,18). The smallest absolute Gasteiger partial charge is 0.269 e. The summed E-state index contributed by atoms with van der Waals surface area (Å²) in [5, 5.41) is 27.8. The molecular weight excluding hydrogens is 298 g/mol. The van der Waals surface area contributed by atoms with Gasteiger partial charge >= 0.3 is 0 Å². The fourth-order valence-corrected chi connectivity index (χ4v) is 2.32. The monoisotopic (exact) mass is 311 g/mol. The number of benzene rings is 2. The van der Waals surface area contributed by atoms with Gasteiger partial charge in [-0.2, -0.15) is 5.10 Å². The first-order valence-corrected chi connectivity index (χ1v) is 6.75. The minimum absolute atomic E-state index is 0.0195. The molecule has 0 saturated heterocycles. The second-order valence-corrected chi connectivity index (χ2v) is 4.85. The predicted molar refractivity (Wildman–Crippen MR) is 84.3 cm³/mol. The third kappa shape index (κ3) is 2.71. The second kappa shape index (κ2) is 5.80. The van der Waals surface area contributed by atoms with Gasteiger partial charge in [-0.05, 0) is 29.8 Å². The maximum atomic E-state index is 10.7. The first-order valence-electron chi connectivity index (χ1n) is 6.75. The zero-order chi connectivity index (χ0) is 16.4. The fourth-order valence-electron chi connectivity index (χ4n) is 2.32. The molecule has 0 unspecified atom stereocenters. The van der Waals surface area contributed by atoms with Crippen molar-refractivity contribution in [2.45, 2.75) is 0 Å². The summed E-state index contributed by atoms with van der Waals surface area (Å²) in [6.45, 7) is 0. The van der Waals surface area contributed by atoms with Crippen molar-refractivity contribution in [1.29, 1.82) is 0 Å². The average Bonchev–Trinajstić information content (AvgIpc) is 3.04. The van der Waals surface area contributed by atoms with Crippen molar-refractivity contribution in [3.63, 3.8) is 0 Å². The molecule has 0 fully saturated rings. The lowest BCUT2D eigenvalue weighted by molar-refractivity contribution is -0.384. The minimum Gasteiger partial charge on any atom is -0.507 e. The number of ether oxygens (including phenoxy) is 1. The van der Waals surface area contributed by atoms with Crippen LogP contribution in [0.25, 0.3) is 22.4 Å². The molecule has 1 aromatic heterocycles. The van der Waals surface area contributed by atoms with Gasteiger partial charge < -0.3 is 9.84 Å². The zero-order valence-electron chi connectivity index (χ0n) is 12.2. The lowest BCUT2D eigenvalue weighted by Gasteiger charge is -2.07. The highest BCUT2D eigenvalue weighted by Crippen LogP contribution is 2.37. The van der Waals surface area contributed by atoms with Gasteiger partial charge in [-0.25, -0.2) is 0 Å². The zero-order valence-corrected chi connectivity index (χ0v) is 12.2. The van der Waals surface area contributed by atoms with E-state index in [0.29, 0.717) is 17.0 Å². The van der Waals surface area contributed by atoms with E-state index in [0.717, 1.165) is 11.1 Å². The maximum Gasteiger partial charge on any atom is 0.269 e. The number of aromatic hydroxyl groups is 1. The highest BCUT2D eigenvalue weighted by molar-refractivity contribution is 5.83. The summed E-state index contributed by atoms with van der Waals surface area (Å²) in [5.74, 6) is 0.597. The van der Waals surface area contributed by atoms with E-state index < -0.39 is 4.92 Å². The normalized spacial score (nSPS) is 10.5. The Kier molecular flexibility index (Phi) is 3.68. The number of aromatic amines is 1. The Morgan fingerprint density at radius 2 is 1.91 bits per heavy atom. The third-order valence-electron chi connectivity index (χ3n) is 3.50. The van der Waals surface area contributed by atoms with Gasteiger partial charge in [-0.1, -0.05) is 0 Å². The van der Waals surface area contributed by atoms with Gasteiger partial charge in [0, 0.05) is 29.3 Å². The summed E-state index contributed by atoms with van der Waals surface area (Å²) in [7, 11) is 1.52. The van der Waals surface area contributed by atoms with Gasteiger partial charge in [0.2, 0.25) is 0 Å². The molecule has 0 aliphatic heterocycles. The SMILES string of the molecule is COc1ccc(-c2[nH]ncc2-c2ccc([N+](=O)[O-])cc2)c(O)c1. The van der Waals surface area contributed by atoms with E-state index in [4.69, 9.17) is 4.74 Å². The van der Waals surface area contributed by atoms with Crippen LogP contribution in [0.2, 0.25) is 0 Å². The van der Waals surface area contributed by atoms with Crippen molar-refractivity contribution in [2.75, 3.05) is 7.11 Å². The van der Waals surface area contributed by atoms with Crippen molar-refractivity contribution in [2.24, 2.45) is 0 Å². The lowest BCUT2D eigenvalue weighted by atomic mass is 10.0. The minimum atomic E-state index is -0.449. The van der Waals surface area contributed by atoms with Crippen molar-refractivity contribution in [3.05, 3.63) is 58.8 Å². The molecule has 0 aliphatic rings. The van der Waals surface area contributed by atoms with E-state index in [1.54, 1.807) is 30.5 Å². The molecule has 2 N–H and O–H groups in total. The predicted octanol–water partition coefficient (Wildman–Crippen LogP) is 3.37. The summed E-state index contributed by atoms with van der Waals surface area (Å²) >= 11 is 0. The molecule has 0 amide bonds. The number of nitro benzene ring substituents is 1. The molecule has 7 nitrogen and oxygen atoms in total. The number of aromatic nitrogens is 2. The molecule has 0 aliphatic carbocycles. The topological polar surface area (TPSA) is 101 Å². The molecule has 116 valence electrons. The van der Waals surface area contributed by atoms with E-state index >= 15 is 0 Å². The Bertz CT molecular complexity index is 856. The Morgan fingerprint density at radius 1 is 1.17 bits per heavy atom. The highest BCUT2D eigenvalue weighted by Gasteiger charge is 2.15. The maximum absolute atomic E-state index is 10.7. The second-order valence-electron chi connectivity index (χ2n) is 4.85. The van der Waals surface area contributed by atoms with Gasteiger partial charge in [0.1, 0.15) is 11.5 Å². The Labute approximate surface area is 131 Å². The largest absolute Gasteiger partial charge is 0.507 e. The summed E-state index contributed by atoms with van der Waals surface area (Å²) in [6, 6.07) is 11.1. The number of methoxy groups -OCH3 is 1. The number of phenols is 1. The van der Waals surface area contributed by atoms with Gasteiger partial charge in [-0.15, -0.1) is 0 Å². The quantitative estimate of drug-likeness (QED) is 0.568. The van der Waals surface area contributed by atoms with Crippen LogP contribution in [-0.2, 0) is 0 Å². The third-order valence-corrected chi connectivity index (χ3v) is 3.50. The van der Waals surface area contributed by atoms with Crippen LogP contribution in [-0.4, -0.2) is 27.3 Å². The molecule has 3 rings (SSSR count). The number of nitrogens with one attached hydrogen (secondary N) is 1.